The van der Waals surface area contributed by atoms with Crippen LogP contribution in [0.4, 0.5) is 5.82 Å². The van der Waals surface area contributed by atoms with Crippen molar-refractivity contribution in [2.75, 3.05) is 25.0 Å². The quantitative estimate of drug-likeness (QED) is 0.781. The highest BCUT2D eigenvalue weighted by Gasteiger charge is 2.47. The first kappa shape index (κ1) is 14.9. The van der Waals surface area contributed by atoms with E-state index in [1.54, 1.807) is 17.5 Å². The molecule has 0 radical (unpaired) electrons. The van der Waals surface area contributed by atoms with Crippen LogP contribution in [0.5, 0.6) is 0 Å². The molecule has 0 spiro atoms. The average Bonchev–Trinajstić information content (AvgIpc) is 3.13. The fraction of sp³-hybridized carbons (Fsp3) is 0.278. The Kier molecular flexibility index (Phi) is 3.51. The first-order valence-corrected chi connectivity index (χ1v) is 9.08. The third-order valence-corrected chi connectivity index (χ3v) is 5.67. The average molecular weight is 352 g/mol. The first-order valence-electron chi connectivity index (χ1n) is 8.20. The molecule has 126 valence electrons. The summed E-state index contributed by atoms with van der Waals surface area (Å²) in [5.74, 6) is 0.552. The molecule has 1 N–H and O–H groups in total. The number of likely N-dealkylation sites (tertiary alicyclic amines) is 1. The number of thiazole rings is 1. The Bertz CT molecular complexity index is 943. The van der Waals surface area contributed by atoms with E-state index in [4.69, 9.17) is 4.74 Å². The maximum Gasteiger partial charge on any atom is 0.239 e. The van der Waals surface area contributed by atoms with Crippen molar-refractivity contribution in [3.8, 4) is 10.4 Å². The fourth-order valence-corrected chi connectivity index (χ4v) is 3.95. The summed E-state index contributed by atoms with van der Waals surface area (Å²) in [6, 6.07) is 8.56. The first-order chi connectivity index (χ1) is 12.3. The lowest BCUT2D eigenvalue weighted by Crippen LogP contribution is -2.71. The number of hydrogen-bond acceptors (Lipinski definition) is 6. The molecule has 2 aromatic heterocycles. The van der Waals surface area contributed by atoms with Crippen LogP contribution in [0.2, 0.25) is 0 Å². The number of carbonyl (C=O) groups is 1. The van der Waals surface area contributed by atoms with Gasteiger partial charge in [-0.15, -0.1) is 11.3 Å². The van der Waals surface area contributed by atoms with Gasteiger partial charge in [0, 0.05) is 24.3 Å². The van der Waals surface area contributed by atoms with Crippen molar-refractivity contribution in [1.29, 1.82) is 0 Å². The van der Waals surface area contributed by atoms with E-state index in [0.717, 1.165) is 34.4 Å². The Morgan fingerprint density at radius 2 is 2.28 bits per heavy atom. The smallest absolute Gasteiger partial charge is 0.239 e. The maximum absolute atomic E-state index is 12.2. The number of nitrogens with one attached hydrogen (secondary N) is 1. The predicted octanol–water partition coefficient (Wildman–Crippen LogP) is 2.38. The summed E-state index contributed by atoms with van der Waals surface area (Å²) in [5.41, 5.74) is 2.95. The monoisotopic (exact) mass is 352 g/mol. The maximum atomic E-state index is 12.2. The number of amides is 1. The van der Waals surface area contributed by atoms with E-state index in [1.807, 2.05) is 23.8 Å². The minimum absolute atomic E-state index is 0.0317. The van der Waals surface area contributed by atoms with Gasteiger partial charge in [0.05, 0.1) is 35.7 Å². The second kappa shape index (κ2) is 5.87. The van der Waals surface area contributed by atoms with Gasteiger partial charge in [-0.25, -0.2) is 4.98 Å². The minimum atomic E-state index is -0.0317. The number of pyridine rings is 1. The summed E-state index contributed by atoms with van der Waals surface area (Å²) >= 11 is 1.61. The molecule has 0 aliphatic carbocycles. The Balaban J connectivity index is 1.33. The van der Waals surface area contributed by atoms with E-state index in [-0.39, 0.29) is 5.91 Å². The van der Waals surface area contributed by atoms with Crippen LogP contribution in [0, 0.1) is 0 Å². The number of benzene rings is 1. The number of ether oxygens (including phenoxy) is 1. The number of rotatable bonds is 4. The topological polar surface area (TPSA) is 67.3 Å². The SMILES string of the molecule is O=C(CN1C[C@@H]2OCC21)Nc1cc2cc(-c3cncs3)ccc2cn1. The molecule has 0 bridgehead atoms. The second-order valence-corrected chi connectivity index (χ2v) is 7.30. The van der Waals surface area contributed by atoms with Crippen molar-refractivity contribution in [3.63, 3.8) is 0 Å². The number of anilines is 1. The largest absolute Gasteiger partial charge is 0.373 e. The standard InChI is InChI=1S/C18H16N4O2S/c23-18(8-22-7-15-14(22)9-24-15)21-17-4-13-3-11(16-6-19-10-25-16)1-2-12(13)5-20-17/h1-6,10,14-15H,7-9H2,(H,20,21,23)/t14?,15-/m0/s1. The number of morpholine rings is 1. The highest BCUT2D eigenvalue weighted by molar-refractivity contribution is 7.13. The van der Waals surface area contributed by atoms with Crippen LogP contribution in [0.25, 0.3) is 21.2 Å². The lowest BCUT2D eigenvalue weighted by molar-refractivity contribution is -0.212. The highest BCUT2D eigenvalue weighted by Crippen LogP contribution is 2.30. The number of carbonyl (C=O) groups excluding carboxylic acids is 1. The van der Waals surface area contributed by atoms with E-state index in [2.05, 4.69) is 32.3 Å². The number of fused-ring (bicyclic) bond motifs is 2. The van der Waals surface area contributed by atoms with Crippen molar-refractivity contribution < 1.29 is 9.53 Å². The Morgan fingerprint density at radius 1 is 1.32 bits per heavy atom. The van der Waals surface area contributed by atoms with Gasteiger partial charge in [-0.3, -0.25) is 14.7 Å². The molecule has 2 aliphatic rings. The van der Waals surface area contributed by atoms with Crippen molar-refractivity contribution in [2.45, 2.75) is 12.1 Å². The molecule has 1 amide bonds. The number of nitrogens with zero attached hydrogens (tertiary/aromatic N) is 3. The van der Waals surface area contributed by atoms with Gasteiger partial charge in [0.15, 0.2) is 0 Å². The molecule has 5 rings (SSSR count). The predicted molar refractivity (Wildman–Crippen MR) is 96.6 cm³/mol. The van der Waals surface area contributed by atoms with E-state index >= 15 is 0 Å². The molecule has 3 aromatic rings. The molecule has 6 nitrogen and oxygen atoms in total. The molecule has 25 heavy (non-hydrogen) atoms. The molecule has 2 saturated heterocycles. The van der Waals surface area contributed by atoms with E-state index < -0.39 is 0 Å². The summed E-state index contributed by atoms with van der Waals surface area (Å²) in [5, 5.41) is 5.00. The fourth-order valence-electron chi connectivity index (χ4n) is 3.33. The lowest BCUT2D eigenvalue weighted by Gasteiger charge is -2.54. The molecule has 7 heteroatoms. The molecular weight excluding hydrogens is 336 g/mol. The van der Waals surface area contributed by atoms with Crippen LogP contribution < -0.4 is 5.32 Å². The molecule has 4 heterocycles. The van der Waals surface area contributed by atoms with Crippen molar-refractivity contribution in [1.82, 2.24) is 14.9 Å². The zero-order chi connectivity index (χ0) is 16.8. The van der Waals surface area contributed by atoms with Crippen molar-refractivity contribution in [2.24, 2.45) is 0 Å². The van der Waals surface area contributed by atoms with E-state index in [9.17, 15) is 4.79 Å². The normalized spacial score (nSPS) is 22.1. The second-order valence-electron chi connectivity index (χ2n) is 6.41. The van der Waals surface area contributed by atoms with Crippen LogP contribution in [0.15, 0.2) is 42.2 Å². The zero-order valence-corrected chi connectivity index (χ0v) is 14.2. The Morgan fingerprint density at radius 3 is 3.00 bits per heavy atom. The molecule has 1 aromatic carbocycles. The van der Waals surface area contributed by atoms with Crippen LogP contribution >= 0.6 is 11.3 Å². The third-order valence-electron chi connectivity index (χ3n) is 4.85. The lowest BCUT2D eigenvalue weighted by atomic mass is 9.95. The van der Waals surface area contributed by atoms with Gasteiger partial charge < -0.3 is 10.1 Å². The van der Waals surface area contributed by atoms with E-state index in [0.29, 0.717) is 24.5 Å². The van der Waals surface area contributed by atoms with Gasteiger partial charge in [0.1, 0.15) is 5.82 Å². The van der Waals surface area contributed by atoms with Gasteiger partial charge in [-0.2, -0.15) is 0 Å². The van der Waals surface area contributed by atoms with Crippen LogP contribution in [0.3, 0.4) is 0 Å². The molecule has 2 aliphatic heterocycles. The van der Waals surface area contributed by atoms with E-state index in [1.165, 1.54) is 0 Å². The van der Waals surface area contributed by atoms with Crippen molar-refractivity contribution >= 4 is 33.8 Å². The molecule has 2 fully saturated rings. The number of hydrogen-bond donors (Lipinski definition) is 1. The van der Waals surface area contributed by atoms with Crippen LogP contribution in [-0.2, 0) is 9.53 Å². The molecule has 0 saturated carbocycles. The van der Waals surface area contributed by atoms with Gasteiger partial charge in [-0.1, -0.05) is 12.1 Å². The Hall–Kier alpha value is -2.35. The zero-order valence-electron chi connectivity index (χ0n) is 13.4. The Labute approximate surface area is 148 Å². The molecule has 1 unspecified atom stereocenters. The van der Waals surface area contributed by atoms with Gasteiger partial charge in [0.25, 0.3) is 0 Å². The summed E-state index contributed by atoms with van der Waals surface area (Å²) in [4.78, 5) is 24.0. The summed E-state index contributed by atoms with van der Waals surface area (Å²) in [6.07, 6.45) is 4.00. The third kappa shape index (κ3) is 2.70. The summed E-state index contributed by atoms with van der Waals surface area (Å²) < 4.78 is 5.36. The van der Waals surface area contributed by atoms with Gasteiger partial charge >= 0.3 is 0 Å². The molecule has 2 atom stereocenters. The summed E-state index contributed by atoms with van der Waals surface area (Å²) in [6.45, 7) is 1.99. The van der Waals surface area contributed by atoms with Crippen LogP contribution in [-0.4, -0.2) is 52.6 Å². The summed E-state index contributed by atoms with van der Waals surface area (Å²) in [7, 11) is 0. The number of aromatic nitrogens is 2. The van der Waals surface area contributed by atoms with Gasteiger partial charge in [0.2, 0.25) is 5.91 Å². The van der Waals surface area contributed by atoms with Crippen LogP contribution in [0.1, 0.15) is 0 Å². The minimum Gasteiger partial charge on any atom is -0.373 e. The highest BCUT2D eigenvalue weighted by atomic mass is 32.1. The van der Waals surface area contributed by atoms with Gasteiger partial charge in [-0.05, 0) is 23.1 Å². The molecular formula is C18H16N4O2S. The van der Waals surface area contributed by atoms with Crippen molar-refractivity contribution in [3.05, 3.63) is 42.2 Å².